The summed E-state index contributed by atoms with van der Waals surface area (Å²) in [7, 11) is -3.48. The molecular formula is C15H24N2O3S. The van der Waals surface area contributed by atoms with Crippen molar-refractivity contribution in [1.29, 1.82) is 0 Å². The summed E-state index contributed by atoms with van der Waals surface area (Å²) in [6.07, 6.45) is 4.55. The first kappa shape index (κ1) is 16.4. The number of nitrogens with zero attached hydrogens (tertiary/aromatic N) is 1. The Hall–Kier alpha value is -0.950. The van der Waals surface area contributed by atoms with E-state index in [2.05, 4.69) is 11.8 Å². The summed E-state index contributed by atoms with van der Waals surface area (Å²) >= 11 is 0. The number of benzene rings is 1. The highest BCUT2D eigenvalue weighted by atomic mass is 32.2. The Kier molecular flexibility index (Phi) is 6.17. The maximum absolute atomic E-state index is 12.3. The number of unbranched alkanes of at least 4 members (excludes halogenated alkanes) is 2. The molecule has 1 aromatic carbocycles. The third-order valence-corrected chi connectivity index (χ3v) is 4.95. The number of hydrogen-bond donors (Lipinski definition) is 1. The number of morpholine rings is 1. The summed E-state index contributed by atoms with van der Waals surface area (Å²) in [5, 5.41) is 1.69. The molecule has 6 heteroatoms. The van der Waals surface area contributed by atoms with Crippen molar-refractivity contribution in [2.75, 3.05) is 26.3 Å². The molecule has 1 heterocycles. The molecule has 1 N–H and O–H groups in total. The van der Waals surface area contributed by atoms with Crippen LogP contribution in [-0.2, 0) is 21.2 Å². The highest BCUT2D eigenvalue weighted by Crippen LogP contribution is 2.13. The lowest BCUT2D eigenvalue weighted by molar-refractivity contribution is 0.0272. The summed E-state index contributed by atoms with van der Waals surface area (Å²) in [5.74, 6) is 0. The zero-order chi connectivity index (χ0) is 15.1. The standard InChI is InChI=1S/C15H24N2O3S/c1-2-3-4-5-14-6-8-15(9-7-14)21(18,19)16-17-10-12-20-13-11-17/h6-9,16H,2-5,10-13H2,1H3. The number of hydrazine groups is 1. The number of sulfonamides is 1. The normalized spacial score (nSPS) is 17.0. The average Bonchev–Trinajstić information content (AvgIpc) is 2.49. The van der Waals surface area contributed by atoms with Crippen LogP contribution in [0.25, 0.3) is 0 Å². The number of hydrogen-bond acceptors (Lipinski definition) is 4. The highest BCUT2D eigenvalue weighted by Gasteiger charge is 2.19. The van der Waals surface area contributed by atoms with Crippen LogP contribution in [0.2, 0.25) is 0 Å². The van der Waals surface area contributed by atoms with Gasteiger partial charge in [-0.15, -0.1) is 4.83 Å². The molecule has 21 heavy (non-hydrogen) atoms. The molecule has 0 spiro atoms. The van der Waals surface area contributed by atoms with E-state index in [1.165, 1.54) is 18.4 Å². The van der Waals surface area contributed by atoms with Crippen molar-refractivity contribution in [3.8, 4) is 0 Å². The summed E-state index contributed by atoms with van der Waals surface area (Å²) in [6, 6.07) is 7.18. The molecule has 5 nitrogen and oxygen atoms in total. The molecule has 0 aromatic heterocycles. The van der Waals surface area contributed by atoms with Gasteiger partial charge in [0, 0.05) is 13.1 Å². The van der Waals surface area contributed by atoms with Gasteiger partial charge in [0.15, 0.2) is 0 Å². The predicted octanol–water partition coefficient (Wildman–Crippen LogP) is 1.94. The quantitative estimate of drug-likeness (QED) is 0.782. The van der Waals surface area contributed by atoms with E-state index in [-0.39, 0.29) is 0 Å². The van der Waals surface area contributed by atoms with Crippen LogP contribution in [0.1, 0.15) is 31.7 Å². The number of nitrogens with one attached hydrogen (secondary N) is 1. The molecule has 118 valence electrons. The fourth-order valence-corrected chi connectivity index (χ4v) is 3.41. The fraction of sp³-hybridized carbons (Fsp3) is 0.600. The maximum atomic E-state index is 12.3. The molecule has 1 aliphatic rings. The van der Waals surface area contributed by atoms with Crippen LogP contribution in [0.4, 0.5) is 0 Å². The van der Waals surface area contributed by atoms with Gasteiger partial charge in [-0.2, -0.15) is 0 Å². The second-order valence-electron chi connectivity index (χ2n) is 5.30. The first-order chi connectivity index (χ1) is 10.1. The Balaban J connectivity index is 1.95. The minimum Gasteiger partial charge on any atom is -0.379 e. The summed E-state index contributed by atoms with van der Waals surface area (Å²) in [4.78, 5) is 2.92. The van der Waals surface area contributed by atoms with Crippen LogP contribution < -0.4 is 4.83 Å². The Morgan fingerprint density at radius 3 is 2.43 bits per heavy atom. The van der Waals surface area contributed by atoms with Crippen molar-refractivity contribution >= 4 is 10.0 Å². The number of rotatable bonds is 7. The average molecular weight is 312 g/mol. The minimum absolute atomic E-state index is 0.313. The van der Waals surface area contributed by atoms with E-state index in [4.69, 9.17) is 4.74 Å². The monoisotopic (exact) mass is 312 g/mol. The van der Waals surface area contributed by atoms with Crippen molar-refractivity contribution in [1.82, 2.24) is 9.84 Å². The Bertz CT molecular complexity index is 522. The zero-order valence-electron chi connectivity index (χ0n) is 12.5. The summed E-state index contributed by atoms with van der Waals surface area (Å²) < 4.78 is 29.8. The van der Waals surface area contributed by atoms with E-state index < -0.39 is 10.0 Å². The van der Waals surface area contributed by atoms with Crippen molar-refractivity contribution in [2.24, 2.45) is 0 Å². The molecule has 0 saturated carbocycles. The lowest BCUT2D eigenvalue weighted by Crippen LogP contribution is -2.48. The van der Waals surface area contributed by atoms with Crippen LogP contribution in [0.5, 0.6) is 0 Å². The van der Waals surface area contributed by atoms with Crippen LogP contribution in [0.3, 0.4) is 0 Å². The molecule has 0 bridgehead atoms. The van der Waals surface area contributed by atoms with E-state index in [0.717, 1.165) is 12.8 Å². The van der Waals surface area contributed by atoms with Crippen LogP contribution in [0.15, 0.2) is 29.2 Å². The largest absolute Gasteiger partial charge is 0.379 e. The first-order valence-corrected chi connectivity index (χ1v) is 9.04. The second kappa shape index (κ2) is 7.89. The van der Waals surface area contributed by atoms with Gasteiger partial charge < -0.3 is 4.74 Å². The minimum atomic E-state index is -3.48. The van der Waals surface area contributed by atoms with Gasteiger partial charge in [-0.3, -0.25) is 0 Å². The molecule has 0 amide bonds. The van der Waals surface area contributed by atoms with Crippen LogP contribution in [-0.4, -0.2) is 39.7 Å². The van der Waals surface area contributed by atoms with Crippen molar-refractivity contribution < 1.29 is 13.2 Å². The van der Waals surface area contributed by atoms with Gasteiger partial charge in [-0.25, -0.2) is 13.4 Å². The van der Waals surface area contributed by atoms with E-state index in [9.17, 15) is 8.42 Å². The van der Waals surface area contributed by atoms with E-state index in [1.54, 1.807) is 17.1 Å². The molecule has 1 aliphatic heterocycles. The van der Waals surface area contributed by atoms with Gasteiger partial charge in [0.05, 0.1) is 18.1 Å². The Morgan fingerprint density at radius 1 is 1.14 bits per heavy atom. The molecule has 0 aliphatic carbocycles. The second-order valence-corrected chi connectivity index (χ2v) is 6.96. The number of ether oxygens (including phenoxy) is 1. The Morgan fingerprint density at radius 2 is 1.81 bits per heavy atom. The third kappa shape index (κ3) is 5.07. The van der Waals surface area contributed by atoms with Crippen molar-refractivity contribution in [3.63, 3.8) is 0 Å². The fourth-order valence-electron chi connectivity index (χ4n) is 2.29. The lowest BCUT2D eigenvalue weighted by Gasteiger charge is -2.26. The summed E-state index contributed by atoms with van der Waals surface area (Å²) in [6.45, 7) is 4.44. The highest BCUT2D eigenvalue weighted by molar-refractivity contribution is 7.89. The van der Waals surface area contributed by atoms with E-state index in [1.807, 2.05) is 12.1 Å². The van der Waals surface area contributed by atoms with Gasteiger partial charge in [-0.1, -0.05) is 31.9 Å². The van der Waals surface area contributed by atoms with Gasteiger partial charge in [-0.05, 0) is 30.5 Å². The molecule has 0 unspecified atom stereocenters. The first-order valence-electron chi connectivity index (χ1n) is 7.56. The topological polar surface area (TPSA) is 58.6 Å². The van der Waals surface area contributed by atoms with Crippen LogP contribution in [0, 0.1) is 0 Å². The van der Waals surface area contributed by atoms with Gasteiger partial charge in [0.25, 0.3) is 10.0 Å². The molecule has 1 fully saturated rings. The number of aryl methyl sites for hydroxylation is 1. The molecule has 0 radical (unpaired) electrons. The van der Waals surface area contributed by atoms with Gasteiger partial charge >= 0.3 is 0 Å². The summed E-state index contributed by atoms with van der Waals surface area (Å²) in [5.41, 5.74) is 1.19. The van der Waals surface area contributed by atoms with Gasteiger partial charge in [0.1, 0.15) is 0 Å². The molecule has 1 saturated heterocycles. The lowest BCUT2D eigenvalue weighted by atomic mass is 10.1. The van der Waals surface area contributed by atoms with Crippen molar-refractivity contribution in [2.45, 2.75) is 37.5 Å². The maximum Gasteiger partial charge on any atom is 0.253 e. The van der Waals surface area contributed by atoms with Gasteiger partial charge in [0.2, 0.25) is 0 Å². The van der Waals surface area contributed by atoms with E-state index >= 15 is 0 Å². The molecule has 1 aromatic rings. The smallest absolute Gasteiger partial charge is 0.253 e. The van der Waals surface area contributed by atoms with Crippen molar-refractivity contribution in [3.05, 3.63) is 29.8 Å². The Labute approximate surface area is 127 Å². The predicted molar refractivity (Wildman–Crippen MR) is 82.4 cm³/mol. The van der Waals surface area contributed by atoms with E-state index in [0.29, 0.717) is 31.2 Å². The van der Waals surface area contributed by atoms with Crippen LogP contribution >= 0.6 is 0 Å². The molecular weight excluding hydrogens is 288 g/mol. The zero-order valence-corrected chi connectivity index (χ0v) is 13.4. The molecule has 2 rings (SSSR count). The third-order valence-electron chi connectivity index (χ3n) is 3.56. The molecule has 0 atom stereocenters. The SMILES string of the molecule is CCCCCc1ccc(S(=O)(=O)NN2CCOCC2)cc1.